The second kappa shape index (κ2) is 9.63. The second-order valence-corrected chi connectivity index (χ2v) is 8.15. The normalized spacial score (nSPS) is 12.9. The quantitative estimate of drug-likeness (QED) is 0.432. The Morgan fingerprint density at radius 2 is 1.88 bits per heavy atom. The van der Waals surface area contributed by atoms with E-state index in [1.165, 1.54) is 12.3 Å². The molecule has 166 valence electrons. The van der Waals surface area contributed by atoms with Crippen LogP contribution in [0.5, 0.6) is 11.5 Å². The van der Waals surface area contributed by atoms with Crippen molar-refractivity contribution >= 4 is 35.2 Å². The summed E-state index contributed by atoms with van der Waals surface area (Å²) >= 11 is 12.0. The summed E-state index contributed by atoms with van der Waals surface area (Å²) in [5, 5.41) is 9.86. The molecule has 1 N–H and O–H groups in total. The zero-order valence-electron chi connectivity index (χ0n) is 16.9. The van der Waals surface area contributed by atoms with Gasteiger partial charge in [-0.3, -0.25) is 0 Å². The molecule has 1 aromatic heterocycles. The van der Waals surface area contributed by atoms with E-state index >= 15 is 0 Å². The van der Waals surface area contributed by atoms with Crippen molar-refractivity contribution in [3.63, 3.8) is 0 Å². The van der Waals surface area contributed by atoms with E-state index in [1.54, 1.807) is 36.4 Å². The van der Waals surface area contributed by atoms with Crippen molar-refractivity contribution in [2.75, 3.05) is 11.4 Å². The second-order valence-electron chi connectivity index (χ2n) is 7.28. The predicted molar refractivity (Wildman–Crippen MR) is 119 cm³/mol. The van der Waals surface area contributed by atoms with E-state index in [1.807, 2.05) is 4.90 Å². The fraction of sp³-hybridized carbons (Fsp3) is 0.217. The van der Waals surface area contributed by atoms with Gasteiger partial charge in [-0.25, -0.2) is 14.2 Å². The van der Waals surface area contributed by atoms with Crippen LogP contribution in [0.3, 0.4) is 0 Å². The zero-order chi connectivity index (χ0) is 22.7. The van der Waals surface area contributed by atoms with Crippen LogP contribution in [0.25, 0.3) is 0 Å². The average molecular weight is 477 g/mol. The molecule has 1 aliphatic rings. The summed E-state index contributed by atoms with van der Waals surface area (Å²) in [6, 6.07) is 11.2. The Kier molecular flexibility index (Phi) is 6.67. The van der Waals surface area contributed by atoms with Crippen molar-refractivity contribution in [1.82, 2.24) is 4.98 Å². The Morgan fingerprint density at radius 3 is 2.66 bits per heavy atom. The molecule has 0 unspecified atom stereocenters. The minimum atomic E-state index is -1.37. The van der Waals surface area contributed by atoms with Crippen LogP contribution >= 0.6 is 23.2 Å². The number of aromatic nitrogens is 1. The highest BCUT2D eigenvalue weighted by Gasteiger charge is 2.24. The van der Waals surface area contributed by atoms with Crippen LogP contribution in [-0.4, -0.2) is 22.8 Å². The first kappa shape index (κ1) is 22.2. The number of ether oxygens (including phenoxy) is 2. The number of rotatable bonds is 6. The number of pyridine rings is 1. The molecule has 6 nitrogen and oxygen atoms in total. The number of carbonyl (C=O) groups is 1. The third kappa shape index (κ3) is 5.06. The van der Waals surface area contributed by atoms with E-state index in [0.29, 0.717) is 46.7 Å². The van der Waals surface area contributed by atoms with E-state index in [-0.39, 0.29) is 12.4 Å². The number of anilines is 1. The number of fused-ring (bicyclic) bond motifs is 1. The smallest absolute Gasteiger partial charge is 0.488 e. The monoisotopic (exact) mass is 476 g/mol. The number of benzene rings is 2. The standard InChI is InChI=1S/C23H19Cl2FN2O4/c24-16-5-6-20(31-13-14-3-4-17(25)11-19(14)26)15(10-16)12-28-9-1-2-18-21(32-23(29)30)7-8-27-22(18)28/h3-8,10-11H,1-2,9,12-13H2,(H,29,30). The maximum Gasteiger partial charge on any atom is 0.511 e. The summed E-state index contributed by atoms with van der Waals surface area (Å²) in [5.41, 5.74) is 1.93. The Hall–Kier alpha value is -3.03. The minimum absolute atomic E-state index is 0.0308. The van der Waals surface area contributed by atoms with Crippen molar-refractivity contribution in [1.29, 1.82) is 0 Å². The van der Waals surface area contributed by atoms with Gasteiger partial charge in [0.2, 0.25) is 0 Å². The van der Waals surface area contributed by atoms with Crippen LogP contribution in [0.4, 0.5) is 15.0 Å². The highest BCUT2D eigenvalue weighted by atomic mass is 35.5. The van der Waals surface area contributed by atoms with Gasteiger partial charge >= 0.3 is 6.16 Å². The van der Waals surface area contributed by atoms with Crippen molar-refractivity contribution in [2.45, 2.75) is 26.0 Å². The van der Waals surface area contributed by atoms with Crippen molar-refractivity contribution in [3.8, 4) is 11.5 Å². The number of carboxylic acid groups (broad SMARTS) is 1. The lowest BCUT2D eigenvalue weighted by atomic mass is 10.0. The summed E-state index contributed by atoms with van der Waals surface area (Å²) in [6.07, 6.45) is 1.63. The molecule has 0 bridgehead atoms. The maximum absolute atomic E-state index is 14.1. The summed E-state index contributed by atoms with van der Waals surface area (Å²) in [4.78, 5) is 17.5. The minimum Gasteiger partial charge on any atom is -0.488 e. The molecule has 32 heavy (non-hydrogen) atoms. The fourth-order valence-electron chi connectivity index (χ4n) is 3.68. The highest BCUT2D eigenvalue weighted by Crippen LogP contribution is 2.35. The molecule has 9 heteroatoms. The predicted octanol–water partition coefficient (Wildman–Crippen LogP) is 6.12. The van der Waals surface area contributed by atoms with E-state index in [4.69, 9.17) is 37.8 Å². The molecule has 1 aliphatic heterocycles. The van der Waals surface area contributed by atoms with E-state index in [0.717, 1.165) is 17.5 Å². The first-order valence-corrected chi connectivity index (χ1v) is 10.6. The molecule has 0 amide bonds. The van der Waals surface area contributed by atoms with E-state index in [2.05, 4.69) is 4.98 Å². The lowest BCUT2D eigenvalue weighted by Crippen LogP contribution is -2.30. The van der Waals surface area contributed by atoms with Crippen LogP contribution in [0, 0.1) is 5.82 Å². The van der Waals surface area contributed by atoms with Gasteiger partial charge < -0.3 is 19.5 Å². The summed E-state index contributed by atoms with van der Waals surface area (Å²) in [6.45, 7) is 1.17. The van der Waals surface area contributed by atoms with Crippen molar-refractivity contribution < 1.29 is 23.8 Å². The summed E-state index contributed by atoms with van der Waals surface area (Å²) in [5.74, 6) is 1.07. The molecule has 2 heterocycles. The van der Waals surface area contributed by atoms with Crippen LogP contribution in [-0.2, 0) is 19.6 Å². The van der Waals surface area contributed by atoms with Crippen molar-refractivity contribution in [2.24, 2.45) is 0 Å². The Morgan fingerprint density at radius 1 is 1.09 bits per heavy atom. The molecule has 3 aromatic rings. The van der Waals surface area contributed by atoms with Crippen LogP contribution < -0.4 is 14.4 Å². The third-order valence-electron chi connectivity index (χ3n) is 5.12. The van der Waals surface area contributed by atoms with Crippen LogP contribution in [0.1, 0.15) is 23.1 Å². The molecule has 4 rings (SSSR count). The van der Waals surface area contributed by atoms with Crippen LogP contribution in [0.15, 0.2) is 48.7 Å². The molecule has 0 saturated carbocycles. The molecule has 0 fully saturated rings. The first-order valence-electron chi connectivity index (χ1n) is 9.89. The largest absolute Gasteiger partial charge is 0.511 e. The maximum atomic E-state index is 14.1. The SMILES string of the molecule is O=C(O)Oc1ccnc2c1CCCN2Cc1cc(Cl)ccc1OCc1ccc(Cl)cc1F. The van der Waals surface area contributed by atoms with Gasteiger partial charge in [-0.05, 0) is 49.2 Å². The molecule has 0 radical (unpaired) electrons. The van der Waals surface area contributed by atoms with Gasteiger partial charge in [-0.1, -0.05) is 29.3 Å². The molecule has 0 saturated heterocycles. The van der Waals surface area contributed by atoms with Gasteiger partial charge in [0.05, 0.1) is 0 Å². The highest BCUT2D eigenvalue weighted by molar-refractivity contribution is 6.30. The molecule has 0 spiro atoms. The Balaban J connectivity index is 1.58. The van der Waals surface area contributed by atoms with Crippen molar-refractivity contribution in [3.05, 3.63) is 81.2 Å². The lowest BCUT2D eigenvalue weighted by Gasteiger charge is -2.31. The Bertz CT molecular complexity index is 1160. The van der Waals surface area contributed by atoms with Crippen LogP contribution in [0.2, 0.25) is 10.0 Å². The van der Waals surface area contributed by atoms with E-state index in [9.17, 15) is 9.18 Å². The zero-order valence-corrected chi connectivity index (χ0v) is 18.4. The number of hydrogen-bond acceptors (Lipinski definition) is 5. The molecule has 0 aliphatic carbocycles. The third-order valence-corrected chi connectivity index (χ3v) is 5.59. The number of halogens is 3. The fourth-order valence-corrected chi connectivity index (χ4v) is 4.03. The summed E-state index contributed by atoms with van der Waals surface area (Å²) in [7, 11) is 0. The number of nitrogens with zero attached hydrogens (tertiary/aromatic N) is 2. The molecular formula is C23H19Cl2FN2O4. The van der Waals surface area contributed by atoms with Gasteiger partial charge in [0.25, 0.3) is 0 Å². The Labute approximate surface area is 194 Å². The summed E-state index contributed by atoms with van der Waals surface area (Å²) < 4.78 is 25.0. The van der Waals surface area contributed by atoms with Gasteiger partial charge in [0, 0.05) is 46.0 Å². The molecular weight excluding hydrogens is 458 g/mol. The lowest BCUT2D eigenvalue weighted by molar-refractivity contribution is 0.144. The van der Waals surface area contributed by atoms with Gasteiger partial charge in [-0.15, -0.1) is 0 Å². The number of hydrogen-bond donors (Lipinski definition) is 1. The first-order chi connectivity index (χ1) is 15.4. The average Bonchev–Trinajstić information content (AvgIpc) is 2.74. The molecule has 0 atom stereocenters. The topological polar surface area (TPSA) is 71.9 Å². The van der Waals surface area contributed by atoms with Gasteiger partial charge in [0.1, 0.15) is 29.7 Å². The molecule has 2 aromatic carbocycles. The van der Waals surface area contributed by atoms with Gasteiger partial charge in [-0.2, -0.15) is 0 Å². The van der Waals surface area contributed by atoms with Gasteiger partial charge in [0.15, 0.2) is 0 Å². The van der Waals surface area contributed by atoms with E-state index < -0.39 is 12.0 Å².